The number of piperidine rings is 1. The number of hydrogen-bond donors (Lipinski definition) is 1. The van der Waals surface area contributed by atoms with Crippen LogP contribution < -0.4 is 5.32 Å². The molecular formula is C21H23N7OS. The molecule has 0 saturated carbocycles. The molecule has 4 rings (SSSR count). The van der Waals surface area contributed by atoms with Crippen molar-refractivity contribution in [2.45, 2.75) is 39.2 Å². The fourth-order valence-corrected chi connectivity index (χ4v) is 4.10. The summed E-state index contributed by atoms with van der Waals surface area (Å²) >= 11 is 1.57. The van der Waals surface area contributed by atoms with E-state index in [0.717, 1.165) is 35.7 Å². The van der Waals surface area contributed by atoms with Gasteiger partial charge in [-0.2, -0.15) is 0 Å². The molecule has 1 atom stereocenters. The van der Waals surface area contributed by atoms with E-state index in [4.69, 9.17) is 0 Å². The summed E-state index contributed by atoms with van der Waals surface area (Å²) in [5, 5.41) is 6.05. The molecule has 0 spiro atoms. The van der Waals surface area contributed by atoms with Crippen LogP contribution in [0.4, 0.5) is 11.8 Å². The number of likely N-dealkylation sites (tertiary alicyclic amines) is 1. The molecular weight excluding hydrogens is 398 g/mol. The largest absolute Gasteiger partial charge is 0.331 e. The highest BCUT2D eigenvalue weighted by Gasteiger charge is 2.28. The fraction of sp³-hybridized carbons (Fsp3) is 0.333. The average molecular weight is 422 g/mol. The molecule has 1 amide bonds. The zero-order valence-electron chi connectivity index (χ0n) is 16.9. The van der Waals surface area contributed by atoms with Gasteiger partial charge in [0.25, 0.3) is 0 Å². The van der Waals surface area contributed by atoms with Gasteiger partial charge < -0.3 is 10.2 Å². The number of rotatable bonds is 5. The number of anilines is 2. The van der Waals surface area contributed by atoms with Gasteiger partial charge in [-0.1, -0.05) is 0 Å². The zero-order valence-corrected chi connectivity index (χ0v) is 17.8. The summed E-state index contributed by atoms with van der Waals surface area (Å²) in [4.78, 5) is 36.7. The van der Waals surface area contributed by atoms with Gasteiger partial charge in [0.1, 0.15) is 11.6 Å². The Hall–Kier alpha value is -3.20. The van der Waals surface area contributed by atoms with Crippen LogP contribution in [0.15, 0.2) is 36.0 Å². The number of carbonyl (C=O) groups is 1. The first-order valence-corrected chi connectivity index (χ1v) is 10.8. The molecule has 1 aliphatic rings. The minimum Gasteiger partial charge on any atom is -0.331 e. The van der Waals surface area contributed by atoms with E-state index >= 15 is 0 Å². The van der Waals surface area contributed by atoms with E-state index in [-0.39, 0.29) is 11.9 Å². The lowest BCUT2D eigenvalue weighted by Gasteiger charge is -2.35. The predicted octanol–water partition coefficient (Wildman–Crippen LogP) is 3.85. The van der Waals surface area contributed by atoms with Gasteiger partial charge in [0.15, 0.2) is 0 Å². The number of thiazole rings is 1. The maximum absolute atomic E-state index is 13.0. The van der Waals surface area contributed by atoms with E-state index in [9.17, 15) is 4.79 Å². The van der Waals surface area contributed by atoms with Crippen molar-refractivity contribution in [2.75, 3.05) is 11.9 Å². The van der Waals surface area contributed by atoms with Crippen LogP contribution in [0.5, 0.6) is 0 Å². The van der Waals surface area contributed by atoms with Crippen LogP contribution in [0.25, 0.3) is 6.08 Å². The van der Waals surface area contributed by atoms with Crippen molar-refractivity contribution in [1.82, 2.24) is 29.8 Å². The third-order valence-corrected chi connectivity index (χ3v) is 5.62. The lowest BCUT2D eigenvalue weighted by Crippen LogP contribution is -2.38. The van der Waals surface area contributed by atoms with Crippen molar-refractivity contribution in [2.24, 2.45) is 0 Å². The van der Waals surface area contributed by atoms with Crippen molar-refractivity contribution in [3.63, 3.8) is 0 Å². The molecule has 0 aromatic carbocycles. The van der Waals surface area contributed by atoms with Crippen LogP contribution in [0.1, 0.15) is 47.5 Å². The first-order valence-electron chi connectivity index (χ1n) is 9.89. The summed E-state index contributed by atoms with van der Waals surface area (Å²) in [5.41, 5.74) is 1.64. The topological polar surface area (TPSA) is 96.8 Å². The van der Waals surface area contributed by atoms with Gasteiger partial charge in [-0.25, -0.2) is 24.9 Å². The first kappa shape index (κ1) is 20.1. The summed E-state index contributed by atoms with van der Waals surface area (Å²) in [6.07, 6.45) is 9.63. The van der Waals surface area contributed by atoms with Gasteiger partial charge >= 0.3 is 0 Å². The molecule has 0 bridgehead atoms. The Kier molecular flexibility index (Phi) is 6.08. The van der Waals surface area contributed by atoms with Crippen LogP contribution >= 0.6 is 11.3 Å². The highest BCUT2D eigenvalue weighted by Crippen LogP contribution is 2.31. The molecule has 30 heavy (non-hydrogen) atoms. The molecule has 0 radical (unpaired) electrons. The van der Waals surface area contributed by atoms with Crippen molar-refractivity contribution >= 4 is 35.1 Å². The summed E-state index contributed by atoms with van der Waals surface area (Å²) in [6.45, 7) is 4.51. The smallest absolute Gasteiger partial charge is 0.247 e. The number of aryl methyl sites for hydroxylation is 2. The van der Waals surface area contributed by atoms with Gasteiger partial charge in [0.2, 0.25) is 11.9 Å². The number of nitrogens with zero attached hydrogens (tertiary/aromatic N) is 6. The second-order valence-corrected chi connectivity index (χ2v) is 8.15. The molecule has 3 aromatic rings. The zero-order chi connectivity index (χ0) is 20.9. The molecule has 154 valence electrons. The minimum absolute atomic E-state index is 0.0254. The third kappa shape index (κ3) is 4.85. The molecule has 8 nitrogen and oxygen atoms in total. The monoisotopic (exact) mass is 421 g/mol. The molecule has 1 unspecified atom stereocenters. The van der Waals surface area contributed by atoms with Gasteiger partial charge in [-0.05, 0) is 45.3 Å². The number of amides is 1. The molecule has 1 aliphatic heterocycles. The molecule has 0 aliphatic carbocycles. The maximum Gasteiger partial charge on any atom is 0.247 e. The Balaban J connectivity index is 1.56. The van der Waals surface area contributed by atoms with E-state index in [0.29, 0.717) is 24.1 Å². The summed E-state index contributed by atoms with van der Waals surface area (Å²) in [5.74, 6) is 1.70. The van der Waals surface area contributed by atoms with Crippen molar-refractivity contribution in [3.05, 3.63) is 58.2 Å². The molecule has 1 N–H and O–H groups in total. The third-order valence-electron chi connectivity index (χ3n) is 4.82. The van der Waals surface area contributed by atoms with E-state index in [1.54, 1.807) is 41.9 Å². The Morgan fingerprint density at radius 2 is 2.03 bits per heavy atom. The summed E-state index contributed by atoms with van der Waals surface area (Å²) < 4.78 is 0. The molecule has 1 saturated heterocycles. The minimum atomic E-state index is -0.0907. The van der Waals surface area contributed by atoms with Crippen LogP contribution in [-0.2, 0) is 4.79 Å². The van der Waals surface area contributed by atoms with Crippen LogP contribution in [0, 0.1) is 13.8 Å². The van der Waals surface area contributed by atoms with Crippen molar-refractivity contribution in [3.8, 4) is 0 Å². The first-order chi connectivity index (χ1) is 14.6. The molecule has 9 heteroatoms. The Morgan fingerprint density at radius 3 is 2.80 bits per heavy atom. The quantitative estimate of drug-likeness (QED) is 0.625. The second-order valence-electron chi connectivity index (χ2n) is 7.09. The van der Waals surface area contributed by atoms with Crippen LogP contribution in [-0.4, -0.2) is 42.3 Å². The second kappa shape index (κ2) is 9.08. The number of nitrogens with one attached hydrogen (secondary N) is 1. The highest BCUT2D eigenvalue weighted by molar-refractivity contribution is 7.09. The molecule has 3 aromatic heterocycles. The maximum atomic E-state index is 13.0. The Bertz CT molecular complexity index is 1050. The van der Waals surface area contributed by atoms with E-state index in [2.05, 4.69) is 30.2 Å². The van der Waals surface area contributed by atoms with E-state index < -0.39 is 0 Å². The SMILES string of the molecule is Cc1nc(Nc2ncccn2)cc(C2CCCCN2C(=O)/C=C/c2csc(C)n2)n1. The van der Waals surface area contributed by atoms with Crippen LogP contribution in [0.3, 0.4) is 0 Å². The fourth-order valence-electron chi connectivity index (χ4n) is 3.52. The van der Waals surface area contributed by atoms with E-state index in [1.165, 1.54) is 0 Å². The lowest BCUT2D eigenvalue weighted by atomic mass is 9.98. The van der Waals surface area contributed by atoms with Gasteiger partial charge in [0.05, 0.1) is 22.4 Å². The predicted molar refractivity (Wildman–Crippen MR) is 116 cm³/mol. The Labute approximate surface area is 179 Å². The number of hydrogen-bond acceptors (Lipinski definition) is 8. The van der Waals surface area contributed by atoms with E-state index in [1.807, 2.05) is 30.2 Å². The molecule has 4 heterocycles. The van der Waals surface area contributed by atoms with Crippen molar-refractivity contribution in [1.29, 1.82) is 0 Å². The van der Waals surface area contributed by atoms with Crippen molar-refractivity contribution < 1.29 is 4.79 Å². The average Bonchev–Trinajstić information content (AvgIpc) is 3.17. The standard InChI is InChI=1S/C21H23N7OS/c1-14-24-17(12-19(25-14)27-21-22-9-5-10-23-21)18-6-3-4-11-28(18)20(29)8-7-16-13-30-15(2)26-16/h5,7-10,12-13,18H,3-4,6,11H2,1-2H3,(H,22,23,24,25,27)/b8-7+. The summed E-state index contributed by atoms with van der Waals surface area (Å²) in [7, 11) is 0. The normalized spacial score (nSPS) is 16.7. The van der Waals surface area contributed by atoms with Gasteiger partial charge in [-0.15, -0.1) is 11.3 Å². The van der Waals surface area contributed by atoms with Crippen LogP contribution in [0.2, 0.25) is 0 Å². The van der Waals surface area contributed by atoms with Gasteiger partial charge in [-0.3, -0.25) is 4.79 Å². The van der Waals surface area contributed by atoms with Gasteiger partial charge in [0, 0.05) is 36.5 Å². The lowest BCUT2D eigenvalue weighted by molar-refractivity contribution is -0.129. The molecule has 1 fully saturated rings. The highest BCUT2D eigenvalue weighted by atomic mass is 32.1. The number of aromatic nitrogens is 5. The Morgan fingerprint density at radius 1 is 1.20 bits per heavy atom. The number of carbonyl (C=O) groups excluding carboxylic acids is 1. The summed E-state index contributed by atoms with van der Waals surface area (Å²) in [6, 6.07) is 3.55.